The van der Waals surface area contributed by atoms with Crippen LogP contribution in [-0.2, 0) is 10.2 Å². The van der Waals surface area contributed by atoms with Crippen LogP contribution in [0.5, 0.6) is 17.2 Å². The Labute approximate surface area is 159 Å². The van der Waals surface area contributed by atoms with Gasteiger partial charge in [-0.05, 0) is 42.7 Å². The van der Waals surface area contributed by atoms with Gasteiger partial charge in [-0.2, -0.15) is 0 Å². The number of amides is 1. The maximum Gasteiger partial charge on any atom is 0.231 e. The molecule has 0 bridgehead atoms. The summed E-state index contributed by atoms with van der Waals surface area (Å²) in [6.45, 7) is 1.18. The number of para-hydroxylation sites is 1. The van der Waals surface area contributed by atoms with Crippen LogP contribution in [0.25, 0.3) is 0 Å². The van der Waals surface area contributed by atoms with E-state index in [1.807, 2.05) is 48.5 Å². The fourth-order valence-corrected chi connectivity index (χ4v) is 4.02. The molecule has 0 aromatic heterocycles. The van der Waals surface area contributed by atoms with Crippen molar-refractivity contribution in [2.75, 3.05) is 19.9 Å². The summed E-state index contributed by atoms with van der Waals surface area (Å²) in [4.78, 5) is 13.2. The van der Waals surface area contributed by atoms with Crippen LogP contribution in [0.1, 0.15) is 37.7 Å². The van der Waals surface area contributed by atoms with Gasteiger partial charge in [0.1, 0.15) is 12.4 Å². The summed E-state index contributed by atoms with van der Waals surface area (Å²) in [6.07, 6.45) is 5.01. The van der Waals surface area contributed by atoms with Gasteiger partial charge in [-0.3, -0.25) is 4.79 Å². The Bertz CT molecular complexity index is 784. The summed E-state index contributed by atoms with van der Waals surface area (Å²) in [7, 11) is 0. The quantitative estimate of drug-likeness (QED) is 0.789. The van der Waals surface area contributed by atoms with E-state index in [9.17, 15) is 4.79 Å². The lowest BCUT2D eigenvalue weighted by Crippen LogP contribution is -2.46. The van der Waals surface area contributed by atoms with Gasteiger partial charge in [0.2, 0.25) is 12.7 Å². The molecule has 1 N–H and O–H groups in total. The van der Waals surface area contributed by atoms with Gasteiger partial charge in [-0.15, -0.1) is 0 Å². The van der Waals surface area contributed by atoms with Gasteiger partial charge >= 0.3 is 0 Å². The summed E-state index contributed by atoms with van der Waals surface area (Å²) < 4.78 is 16.6. The summed E-state index contributed by atoms with van der Waals surface area (Å²) in [6, 6.07) is 15.6. The van der Waals surface area contributed by atoms with Crippen molar-refractivity contribution in [1.82, 2.24) is 5.32 Å². The first kappa shape index (κ1) is 17.7. The van der Waals surface area contributed by atoms with Crippen molar-refractivity contribution < 1.29 is 19.0 Å². The van der Waals surface area contributed by atoms with E-state index < -0.39 is 5.41 Å². The van der Waals surface area contributed by atoms with Crippen molar-refractivity contribution in [3.05, 3.63) is 54.1 Å². The van der Waals surface area contributed by atoms with Crippen LogP contribution < -0.4 is 19.5 Å². The van der Waals surface area contributed by atoms with Crippen LogP contribution in [0.3, 0.4) is 0 Å². The van der Waals surface area contributed by atoms with Crippen LogP contribution in [0.4, 0.5) is 0 Å². The first-order valence-corrected chi connectivity index (χ1v) is 9.64. The fourth-order valence-electron chi connectivity index (χ4n) is 4.02. The van der Waals surface area contributed by atoms with E-state index in [4.69, 9.17) is 14.2 Å². The van der Waals surface area contributed by atoms with Gasteiger partial charge in [0, 0.05) is 0 Å². The van der Waals surface area contributed by atoms with Crippen molar-refractivity contribution in [1.29, 1.82) is 0 Å². The SMILES string of the molecule is O=C(NCCOc1ccccc1)C1(c2ccc3c(c2)OCO3)CCCCC1. The van der Waals surface area contributed by atoms with Gasteiger partial charge in [-0.25, -0.2) is 0 Å². The Morgan fingerprint density at radius 2 is 1.78 bits per heavy atom. The minimum Gasteiger partial charge on any atom is -0.492 e. The number of hydrogen-bond donors (Lipinski definition) is 1. The smallest absolute Gasteiger partial charge is 0.231 e. The lowest BCUT2D eigenvalue weighted by atomic mass is 9.68. The van der Waals surface area contributed by atoms with Gasteiger partial charge in [0.15, 0.2) is 11.5 Å². The van der Waals surface area contributed by atoms with Crippen molar-refractivity contribution in [3.63, 3.8) is 0 Å². The summed E-state index contributed by atoms with van der Waals surface area (Å²) in [5, 5.41) is 3.09. The molecule has 1 aliphatic carbocycles. The molecule has 1 aliphatic heterocycles. The van der Waals surface area contributed by atoms with Gasteiger partial charge in [-0.1, -0.05) is 43.5 Å². The monoisotopic (exact) mass is 367 g/mol. The maximum atomic E-state index is 13.2. The van der Waals surface area contributed by atoms with Crippen molar-refractivity contribution in [2.24, 2.45) is 0 Å². The van der Waals surface area contributed by atoms with Crippen LogP contribution in [0, 0.1) is 0 Å². The number of ether oxygens (including phenoxy) is 3. The van der Waals surface area contributed by atoms with E-state index in [1.165, 1.54) is 6.42 Å². The van der Waals surface area contributed by atoms with Crippen LogP contribution in [0.15, 0.2) is 48.5 Å². The highest BCUT2D eigenvalue weighted by atomic mass is 16.7. The molecule has 1 saturated carbocycles. The van der Waals surface area contributed by atoms with E-state index in [-0.39, 0.29) is 12.7 Å². The van der Waals surface area contributed by atoms with Crippen molar-refractivity contribution in [2.45, 2.75) is 37.5 Å². The zero-order valence-corrected chi connectivity index (χ0v) is 15.4. The molecule has 1 heterocycles. The normalized spacial score (nSPS) is 17.3. The fraction of sp³-hybridized carbons (Fsp3) is 0.409. The molecule has 0 spiro atoms. The first-order valence-electron chi connectivity index (χ1n) is 9.64. The molecular weight excluding hydrogens is 342 g/mol. The summed E-state index contributed by atoms with van der Waals surface area (Å²) in [5.74, 6) is 2.38. The number of carbonyl (C=O) groups excluding carboxylic acids is 1. The Morgan fingerprint density at radius 3 is 2.59 bits per heavy atom. The molecule has 5 nitrogen and oxygen atoms in total. The second-order valence-electron chi connectivity index (χ2n) is 7.13. The molecule has 1 fully saturated rings. The Kier molecular flexibility index (Phi) is 5.19. The molecule has 1 amide bonds. The number of fused-ring (bicyclic) bond motifs is 1. The Morgan fingerprint density at radius 1 is 1.00 bits per heavy atom. The average molecular weight is 367 g/mol. The first-order chi connectivity index (χ1) is 13.3. The lowest BCUT2D eigenvalue weighted by Gasteiger charge is -2.36. The summed E-state index contributed by atoms with van der Waals surface area (Å²) in [5.41, 5.74) is 0.527. The number of carbonyl (C=O) groups is 1. The molecule has 2 aromatic carbocycles. The molecule has 0 atom stereocenters. The average Bonchev–Trinajstić information content (AvgIpc) is 3.20. The molecule has 2 aromatic rings. The highest BCUT2D eigenvalue weighted by Gasteiger charge is 2.41. The molecular formula is C22H25NO4. The highest BCUT2D eigenvalue weighted by molar-refractivity contribution is 5.88. The second kappa shape index (κ2) is 7.91. The zero-order chi connectivity index (χ0) is 18.5. The van der Waals surface area contributed by atoms with Crippen molar-refractivity contribution >= 4 is 5.91 Å². The van der Waals surface area contributed by atoms with E-state index in [0.717, 1.165) is 48.5 Å². The third kappa shape index (κ3) is 3.72. The molecule has 0 saturated heterocycles. The van der Waals surface area contributed by atoms with Gasteiger partial charge in [0.05, 0.1) is 12.0 Å². The van der Waals surface area contributed by atoms with Gasteiger partial charge in [0.25, 0.3) is 0 Å². The number of benzene rings is 2. The standard InChI is InChI=1S/C22H25NO4/c24-21(23-13-14-25-18-7-3-1-4-8-18)22(11-5-2-6-12-22)17-9-10-19-20(15-17)27-16-26-19/h1,3-4,7-10,15H,2,5-6,11-14,16H2,(H,23,24). The highest BCUT2D eigenvalue weighted by Crippen LogP contribution is 2.43. The molecule has 142 valence electrons. The topological polar surface area (TPSA) is 56.8 Å². The van der Waals surface area contributed by atoms with Crippen LogP contribution in [-0.4, -0.2) is 25.9 Å². The van der Waals surface area contributed by atoms with E-state index in [2.05, 4.69) is 5.32 Å². The molecule has 0 unspecified atom stereocenters. The third-order valence-electron chi connectivity index (χ3n) is 5.47. The van der Waals surface area contributed by atoms with Crippen molar-refractivity contribution in [3.8, 4) is 17.2 Å². The minimum absolute atomic E-state index is 0.0812. The van der Waals surface area contributed by atoms with E-state index in [1.54, 1.807) is 0 Å². The lowest BCUT2D eigenvalue weighted by molar-refractivity contribution is -0.128. The number of nitrogens with one attached hydrogen (secondary N) is 1. The molecule has 2 aliphatic rings. The number of rotatable bonds is 6. The predicted molar refractivity (Wildman–Crippen MR) is 102 cm³/mol. The Balaban J connectivity index is 1.44. The minimum atomic E-state index is -0.494. The van der Waals surface area contributed by atoms with Crippen LogP contribution >= 0.6 is 0 Å². The van der Waals surface area contributed by atoms with E-state index in [0.29, 0.717) is 13.2 Å². The van der Waals surface area contributed by atoms with Gasteiger partial charge < -0.3 is 19.5 Å². The molecule has 0 radical (unpaired) electrons. The molecule has 27 heavy (non-hydrogen) atoms. The third-order valence-corrected chi connectivity index (χ3v) is 5.47. The summed E-state index contributed by atoms with van der Waals surface area (Å²) >= 11 is 0. The van der Waals surface area contributed by atoms with E-state index >= 15 is 0 Å². The maximum absolute atomic E-state index is 13.2. The number of hydrogen-bond acceptors (Lipinski definition) is 4. The predicted octanol–water partition coefficient (Wildman–Crippen LogP) is 3.81. The van der Waals surface area contributed by atoms with Crippen LogP contribution in [0.2, 0.25) is 0 Å². The largest absolute Gasteiger partial charge is 0.492 e. The molecule has 4 rings (SSSR count). The Hall–Kier alpha value is -2.69. The molecule has 5 heteroatoms. The second-order valence-corrected chi connectivity index (χ2v) is 7.13. The zero-order valence-electron chi connectivity index (χ0n) is 15.4.